The van der Waals surface area contributed by atoms with Crippen molar-refractivity contribution >= 4 is 11.9 Å². The Morgan fingerprint density at radius 2 is 1.83 bits per heavy atom. The lowest BCUT2D eigenvalue weighted by Crippen LogP contribution is -2.57. The zero-order valence-corrected chi connectivity index (χ0v) is 15.8. The number of hydrogen-bond donors (Lipinski definition) is 0. The normalized spacial score (nSPS) is 25.3. The second kappa shape index (κ2) is 7.49. The van der Waals surface area contributed by atoms with Gasteiger partial charge in [-0.25, -0.2) is 14.0 Å². The number of esters is 1. The largest absolute Gasteiger partial charge is 0.493 e. The first-order valence-electron chi connectivity index (χ1n) is 9.56. The summed E-state index contributed by atoms with van der Waals surface area (Å²) in [7, 11) is 0. The summed E-state index contributed by atoms with van der Waals surface area (Å²) in [4.78, 5) is 28.6. The Kier molecular flexibility index (Phi) is 4.66. The third-order valence-electron chi connectivity index (χ3n) is 5.51. The van der Waals surface area contributed by atoms with E-state index in [0.717, 1.165) is 5.56 Å². The molecule has 0 aromatic heterocycles. The van der Waals surface area contributed by atoms with E-state index in [-0.39, 0.29) is 31.1 Å². The molecule has 2 saturated heterocycles. The second-order valence-electron chi connectivity index (χ2n) is 7.25. The van der Waals surface area contributed by atoms with E-state index in [1.165, 1.54) is 17.2 Å². The molecular weight excluding hydrogens is 397 g/mol. The van der Waals surface area contributed by atoms with Gasteiger partial charge in [-0.15, -0.1) is 0 Å². The highest BCUT2D eigenvalue weighted by Crippen LogP contribution is 2.40. The highest BCUT2D eigenvalue weighted by molar-refractivity contribution is 6.29. The average molecular weight is 415 g/mol. The van der Waals surface area contributed by atoms with Gasteiger partial charge in [0.1, 0.15) is 11.6 Å². The molecule has 156 valence electrons. The molecule has 3 aliphatic heterocycles. The SMILES string of the molecule is O=C1OC2[C@@H](COc3ccc4c(c3)OCO4)[C@H](c3ccc(F)cc3)CCN2OC1=O. The van der Waals surface area contributed by atoms with Crippen LogP contribution >= 0.6 is 0 Å². The minimum absolute atomic E-state index is 0.0922. The van der Waals surface area contributed by atoms with Crippen molar-refractivity contribution < 1.29 is 37.8 Å². The molecule has 0 spiro atoms. The molecule has 3 atom stereocenters. The number of carbonyl (C=O) groups is 2. The summed E-state index contributed by atoms with van der Waals surface area (Å²) in [5.74, 6) is -1.06. The summed E-state index contributed by atoms with van der Waals surface area (Å²) in [6.45, 7) is 0.715. The predicted molar refractivity (Wildman–Crippen MR) is 98.0 cm³/mol. The fourth-order valence-electron chi connectivity index (χ4n) is 4.05. The molecule has 0 saturated carbocycles. The monoisotopic (exact) mass is 415 g/mol. The van der Waals surface area contributed by atoms with Crippen molar-refractivity contribution in [1.29, 1.82) is 0 Å². The minimum Gasteiger partial charge on any atom is -0.493 e. The number of piperidine rings is 1. The molecule has 0 N–H and O–H groups in total. The highest BCUT2D eigenvalue weighted by Gasteiger charge is 2.48. The van der Waals surface area contributed by atoms with Crippen LogP contribution in [0.5, 0.6) is 17.2 Å². The van der Waals surface area contributed by atoms with E-state index in [9.17, 15) is 14.0 Å². The number of benzene rings is 2. The molecule has 0 bridgehead atoms. The minimum atomic E-state index is -1.04. The highest BCUT2D eigenvalue weighted by atomic mass is 19.1. The standard InChI is InChI=1S/C21H18FNO7/c22-13-3-1-12(2-4-13)15-7-8-23-19(29-20(24)21(25)30-23)16(15)10-26-14-5-6-17-18(9-14)28-11-27-17/h1-6,9,15-16,19H,7-8,10-11H2/t15-,16-,19?/m0/s1. The predicted octanol–water partition coefficient (Wildman–Crippen LogP) is 2.38. The molecule has 0 aliphatic carbocycles. The Morgan fingerprint density at radius 3 is 2.67 bits per heavy atom. The third kappa shape index (κ3) is 3.41. The number of ether oxygens (including phenoxy) is 4. The number of carbonyl (C=O) groups excluding carboxylic acids is 2. The second-order valence-corrected chi connectivity index (χ2v) is 7.25. The van der Waals surface area contributed by atoms with E-state index >= 15 is 0 Å². The van der Waals surface area contributed by atoms with Crippen molar-refractivity contribution in [1.82, 2.24) is 5.06 Å². The first-order valence-corrected chi connectivity index (χ1v) is 9.56. The number of hydrogen-bond acceptors (Lipinski definition) is 8. The lowest BCUT2D eigenvalue weighted by molar-refractivity contribution is -0.289. The van der Waals surface area contributed by atoms with Gasteiger partial charge in [0.25, 0.3) is 0 Å². The molecule has 30 heavy (non-hydrogen) atoms. The van der Waals surface area contributed by atoms with Crippen LogP contribution in [0.4, 0.5) is 4.39 Å². The molecule has 8 nitrogen and oxygen atoms in total. The quantitative estimate of drug-likeness (QED) is 0.556. The molecule has 0 radical (unpaired) electrons. The van der Waals surface area contributed by atoms with Crippen molar-refractivity contribution in [3.8, 4) is 17.2 Å². The Labute approximate surface area is 171 Å². The summed E-state index contributed by atoms with van der Waals surface area (Å²) in [6, 6.07) is 11.4. The van der Waals surface area contributed by atoms with Crippen LogP contribution < -0.4 is 14.2 Å². The Morgan fingerprint density at radius 1 is 1.03 bits per heavy atom. The topological polar surface area (TPSA) is 83.5 Å². The maximum absolute atomic E-state index is 13.4. The summed E-state index contributed by atoms with van der Waals surface area (Å²) in [6.07, 6.45) is -0.185. The van der Waals surface area contributed by atoms with E-state index in [2.05, 4.69) is 0 Å². The number of halogens is 1. The lowest BCUT2D eigenvalue weighted by atomic mass is 9.80. The smallest absolute Gasteiger partial charge is 0.436 e. The van der Waals surface area contributed by atoms with Gasteiger partial charge in [-0.1, -0.05) is 17.2 Å². The van der Waals surface area contributed by atoms with E-state index in [1.807, 2.05) is 0 Å². The van der Waals surface area contributed by atoms with Gasteiger partial charge in [0.05, 0.1) is 12.5 Å². The van der Waals surface area contributed by atoms with Crippen molar-refractivity contribution in [2.24, 2.45) is 5.92 Å². The molecule has 2 fully saturated rings. The van der Waals surface area contributed by atoms with Crippen molar-refractivity contribution in [2.45, 2.75) is 18.6 Å². The van der Waals surface area contributed by atoms with E-state index in [4.69, 9.17) is 23.8 Å². The molecule has 5 rings (SSSR count). The summed E-state index contributed by atoms with van der Waals surface area (Å²) >= 11 is 0. The van der Waals surface area contributed by atoms with Crippen LogP contribution in [-0.2, 0) is 19.2 Å². The molecule has 1 unspecified atom stereocenters. The molecule has 0 amide bonds. The zero-order valence-electron chi connectivity index (χ0n) is 15.8. The van der Waals surface area contributed by atoms with Crippen LogP contribution in [0.15, 0.2) is 42.5 Å². The van der Waals surface area contributed by atoms with Gasteiger partial charge in [-0.2, -0.15) is 0 Å². The first kappa shape index (κ1) is 18.7. The van der Waals surface area contributed by atoms with Crippen LogP contribution in [0.2, 0.25) is 0 Å². The van der Waals surface area contributed by atoms with Crippen LogP contribution in [0.3, 0.4) is 0 Å². The van der Waals surface area contributed by atoms with Crippen LogP contribution in [0, 0.1) is 11.7 Å². The van der Waals surface area contributed by atoms with Crippen LogP contribution in [-0.4, -0.2) is 43.2 Å². The number of nitrogens with zero attached hydrogens (tertiary/aromatic N) is 1. The fourth-order valence-corrected chi connectivity index (χ4v) is 4.05. The fraction of sp³-hybridized carbons (Fsp3) is 0.333. The summed E-state index contributed by atoms with van der Waals surface area (Å²) < 4.78 is 35.4. The Hall–Kier alpha value is -3.33. The van der Waals surface area contributed by atoms with Gasteiger partial charge >= 0.3 is 11.9 Å². The molecule has 2 aromatic carbocycles. The Balaban J connectivity index is 1.40. The van der Waals surface area contributed by atoms with Crippen molar-refractivity contribution in [2.75, 3.05) is 19.9 Å². The van der Waals surface area contributed by atoms with E-state index < -0.39 is 18.2 Å². The first-order chi connectivity index (χ1) is 14.6. The van der Waals surface area contributed by atoms with Gasteiger partial charge in [0.15, 0.2) is 17.7 Å². The molecule has 9 heteroatoms. The molecule has 2 aromatic rings. The number of hydroxylamine groups is 2. The van der Waals surface area contributed by atoms with Gasteiger partial charge in [-0.05, 0) is 42.2 Å². The van der Waals surface area contributed by atoms with Gasteiger partial charge in [-0.3, -0.25) is 0 Å². The maximum Gasteiger partial charge on any atom is 0.436 e. The zero-order chi connectivity index (χ0) is 20.7. The van der Waals surface area contributed by atoms with Crippen LogP contribution in [0.25, 0.3) is 0 Å². The maximum atomic E-state index is 13.4. The number of fused-ring (bicyclic) bond motifs is 2. The van der Waals surface area contributed by atoms with Gasteiger partial charge in [0, 0.05) is 12.6 Å². The van der Waals surface area contributed by atoms with E-state index in [0.29, 0.717) is 30.2 Å². The lowest BCUT2D eigenvalue weighted by Gasteiger charge is -2.44. The summed E-state index contributed by atoms with van der Waals surface area (Å²) in [5.41, 5.74) is 0.892. The van der Waals surface area contributed by atoms with Gasteiger partial charge < -0.3 is 23.8 Å². The summed E-state index contributed by atoms with van der Waals surface area (Å²) in [5, 5.41) is 1.37. The van der Waals surface area contributed by atoms with Crippen molar-refractivity contribution in [3.63, 3.8) is 0 Å². The van der Waals surface area contributed by atoms with Gasteiger partial charge in [0.2, 0.25) is 6.79 Å². The average Bonchev–Trinajstić information content (AvgIpc) is 3.21. The third-order valence-corrected chi connectivity index (χ3v) is 5.51. The van der Waals surface area contributed by atoms with Crippen molar-refractivity contribution in [3.05, 3.63) is 53.8 Å². The number of rotatable bonds is 4. The molecular formula is C21H18FNO7. The molecule has 3 heterocycles. The molecule has 3 aliphatic rings. The van der Waals surface area contributed by atoms with Crippen LogP contribution in [0.1, 0.15) is 17.9 Å². The Bertz CT molecular complexity index is 980. The van der Waals surface area contributed by atoms with E-state index in [1.54, 1.807) is 30.3 Å².